The van der Waals surface area contributed by atoms with Gasteiger partial charge >= 0.3 is 0 Å². The first-order chi connectivity index (χ1) is 8.36. The molecular formula is C14H18FNOS. The number of halogens is 1. The van der Waals surface area contributed by atoms with Crippen molar-refractivity contribution in [3.05, 3.63) is 48.3 Å². The van der Waals surface area contributed by atoms with Gasteiger partial charge in [-0.3, -0.25) is 0 Å². The predicted molar refractivity (Wildman–Crippen MR) is 72.9 cm³/mol. The van der Waals surface area contributed by atoms with E-state index >= 15 is 0 Å². The minimum atomic E-state index is -1.08. The van der Waals surface area contributed by atoms with Gasteiger partial charge in [-0.1, -0.05) is 18.2 Å². The minimum Gasteiger partial charge on any atom is -0.242 e. The summed E-state index contributed by atoms with van der Waals surface area (Å²) < 4.78 is 26.9. The van der Waals surface area contributed by atoms with Crippen molar-refractivity contribution in [2.24, 2.45) is 0 Å². The Morgan fingerprint density at radius 2 is 1.89 bits per heavy atom. The van der Waals surface area contributed by atoms with Gasteiger partial charge in [0.05, 0.1) is 16.8 Å². The maximum atomic E-state index is 12.9. The van der Waals surface area contributed by atoms with Crippen LogP contribution in [0.25, 0.3) is 0 Å². The van der Waals surface area contributed by atoms with E-state index in [1.54, 1.807) is 18.2 Å². The Morgan fingerprint density at radius 3 is 2.33 bits per heavy atom. The Hall–Kier alpha value is -1.00. The normalized spacial score (nSPS) is 28.8. The molecule has 18 heavy (non-hydrogen) atoms. The van der Waals surface area contributed by atoms with Crippen molar-refractivity contribution in [3.63, 3.8) is 0 Å². The van der Waals surface area contributed by atoms with Gasteiger partial charge in [0.15, 0.2) is 0 Å². The van der Waals surface area contributed by atoms with Crippen molar-refractivity contribution in [1.82, 2.24) is 4.31 Å². The maximum absolute atomic E-state index is 12.9. The molecular weight excluding hydrogens is 249 g/mol. The van der Waals surface area contributed by atoms with E-state index in [1.165, 1.54) is 12.1 Å². The van der Waals surface area contributed by atoms with Gasteiger partial charge in [0.25, 0.3) is 0 Å². The molecule has 0 bridgehead atoms. The van der Waals surface area contributed by atoms with Crippen LogP contribution in [0.4, 0.5) is 4.39 Å². The van der Waals surface area contributed by atoms with Crippen LogP contribution in [0.5, 0.6) is 0 Å². The van der Waals surface area contributed by atoms with E-state index in [9.17, 15) is 8.60 Å². The first-order valence-corrected chi connectivity index (χ1v) is 7.05. The lowest BCUT2D eigenvalue weighted by Gasteiger charge is -2.18. The molecule has 0 N–H and O–H groups in total. The molecule has 0 aliphatic carbocycles. The van der Waals surface area contributed by atoms with Gasteiger partial charge < -0.3 is 0 Å². The zero-order valence-corrected chi connectivity index (χ0v) is 11.7. The number of benzene rings is 1. The molecule has 0 amide bonds. The Morgan fingerprint density at radius 1 is 1.33 bits per heavy atom. The van der Waals surface area contributed by atoms with E-state index in [4.69, 9.17) is 0 Å². The third-order valence-corrected chi connectivity index (χ3v) is 4.87. The highest BCUT2D eigenvalue weighted by molar-refractivity contribution is 7.84. The van der Waals surface area contributed by atoms with Crippen molar-refractivity contribution >= 4 is 11.0 Å². The minimum absolute atomic E-state index is 0.0585. The van der Waals surface area contributed by atoms with Crippen LogP contribution in [-0.4, -0.2) is 19.3 Å². The van der Waals surface area contributed by atoms with Gasteiger partial charge in [0.2, 0.25) is 0 Å². The second-order valence-corrected chi connectivity index (χ2v) is 7.59. The molecule has 0 saturated carbocycles. The highest BCUT2D eigenvalue weighted by atomic mass is 32.2. The van der Waals surface area contributed by atoms with Crippen LogP contribution in [0.1, 0.15) is 32.4 Å². The average Bonchev–Trinajstić information content (AvgIpc) is 3.01. The van der Waals surface area contributed by atoms with Gasteiger partial charge in [0.1, 0.15) is 16.8 Å². The summed E-state index contributed by atoms with van der Waals surface area (Å²) in [6, 6.07) is 6.50. The molecule has 2 unspecified atom stereocenters. The lowest BCUT2D eigenvalue weighted by Crippen LogP contribution is -2.28. The molecule has 1 aliphatic heterocycles. The smallest absolute Gasteiger partial charge is 0.123 e. The molecule has 98 valence electrons. The maximum Gasteiger partial charge on any atom is 0.123 e. The SMILES string of the molecule is C=C[C@@H]1[C@@H](c2ccc(F)cc2)N1S(=O)C(C)(C)C. The van der Waals surface area contributed by atoms with Crippen LogP contribution < -0.4 is 0 Å². The lowest BCUT2D eigenvalue weighted by atomic mass is 10.1. The molecule has 1 saturated heterocycles. The van der Waals surface area contributed by atoms with Crippen LogP contribution in [-0.2, 0) is 11.0 Å². The van der Waals surface area contributed by atoms with E-state index in [1.807, 2.05) is 25.1 Å². The monoisotopic (exact) mass is 267 g/mol. The van der Waals surface area contributed by atoms with Crippen molar-refractivity contribution in [3.8, 4) is 0 Å². The number of hydrogen-bond donors (Lipinski definition) is 0. The Labute approximate surface area is 110 Å². The van der Waals surface area contributed by atoms with E-state index in [-0.39, 0.29) is 22.6 Å². The van der Waals surface area contributed by atoms with Crippen molar-refractivity contribution in [2.75, 3.05) is 0 Å². The van der Waals surface area contributed by atoms with Crippen LogP contribution in [0.15, 0.2) is 36.9 Å². The molecule has 2 nitrogen and oxygen atoms in total. The fourth-order valence-electron chi connectivity index (χ4n) is 2.00. The van der Waals surface area contributed by atoms with Crippen molar-refractivity contribution in [2.45, 2.75) is 37.6 Å². The molecule has 2 rings (SSSR count). The second kappa shape index (κ2) is 4.59. The molecule has 1 heterocycles. The Kier molecular flexibility index (Phi) is 3.43. The van der Waals surface area contributed by atoms with Gasteiger partial charge in [-0.15, -0.1) is 6.58 Å². The third-order valence-electron chi connectivity index (χ3n) is 2.97. The largest absolute Gasteiger partial charge is 0.242 e. The van der Waals surface area contributed by atoms with Gasteiger partial charge in [0, 0.05) is 0 Å². The molecule has 1 fully saturated rings. The van der Waals surface area contributed by atoms with E-state index in [0.717, 1.165) is 5.56 Å². The topological polar surface area (TPSA) is 20.1 Å². The van der Waals surface area contributed by atoms with Crippen LogP contribution in [0, 0.1) is 5.82 Å². The van der Waals surface area contributed by atoms with Gasteiger partial charge in [-0.05, 0) is 38.5 Å². The van der Waals surface area contributed by atoms with Crippen LogP contribution in [0.2, 0.25) is 0 Å². The zero-order valence-electron chi connectivity index (χ0n) is 10.9. The molecule has 0 spiro atoms. The third kappa shape index (κ3) is 2.40. The molecule has 0 aromatic heterocycles. The molecule has 1 aliphatic rings. The molecule has 0 radical (unpaired) electrons. The summed E-state index contributed by atoms with van der Waals surface area (Å²) in [7, 11) is -1.08. The fourth-order valence-corrected chi connectivity index (χ4v) is 3.45. The van der Waals surface area contributed by atoms with Gasteiger partial charge in [-0.2, -0.15) is 0 Å². The molecule has 1 aromatic rings. The summed E-state index contributed by atoms with van der Waals surface area (Å²) in [5, 5.41) is 0. The number of nitrogens with zero attached hydrogens (tertiary/aromatic N) is 1. The summed E-state index contributed by atoms with van der Waals surface area (Å²) in [6.45, 7) is 9.62. The quantitative estimate of drug-likeness (QED) is 0.608. The van der Waals surface area contributed by atoms with Gasteiger partial charge in [-0.25, -0.2) is 12.9 Å². The molecule has 4 atom stereocenters. The van der Waals surface area contributed by atoms with E-state index in [2.05, 4.69) is 6.58 Å². The summed E-state index contributed by atoms with van der Waals surface area (Å²) in [5.74, 6) is -0.252. The van der Waals surface area contributed by atoms with Crippen LogP contribution in [0.3, 0.4) is 0 Å². The standard InChI is InChI=1S/C14H18FNOS/c1-5-12-13(10-6-8-11(15)9-7-10)16(12)18(17)14(2,3)4/h5-9,12-13H,1H2,2-4H3/t12-,13-,16?,18?/m1/s1. The Balaban J connectivity index is 2.23. The van der Waals surface area contributed by atoms with E-state index < -0.39 is 11.0 Å². The second-order valence-electron chi connectivity index (χ2n) is 5.44. The first-order valence-electron chi connectivity index (χ1n) is 5.94. The number of rotatable bonds is 3. The van der Waals surface area contributed by atoms with Crippen LogP contribution >= 0.6 is 0 Å². The highest BCUT2D eigenvalue weighted by Gasteiger charge is 2.52. The summed E-state index contributed by atoms with van der Waals surface area (Å²) in [5.41, 5.74) is 0.985. The summed E-state index contributed by atoms with van der Waals surface area (Å²) in [6.07, 6.45) is 1.80. The number of hydrogen-bond acceptors (Lipinski definition) is 1. The zero-order chi connectivity index (χ0) is 13.5. The lowest BCUT2D eigenvalue weighted by molar-refractivity contribution is 0.602. The average molecular weight is 267 g/mol. The molecule has 1 aromatic carbocycles. The first kappa shape index (κ1) is 13.4. The molecule has 4 heteroatoms. The highest BCUT2D eigenvalue weighted by Crippen LogP contribution is 2.47. The Bertz CT molecular complexity index is 478. The van der Waals surface area contributed by atoms with Crippen molar-refractivity contribution in [1.29, 1.82) is 0 Å². The van der Waals surface area contributed by atoms with E-state index in [0.29, 0.717) is 0 Å². The summed E-state index contributed by atoms with van der Waals surface area (Å²) >= 11 is 0. The van der Waals surface area contributed by atoms with Crippen molar-refractivity contribution < 1.29 is 8.60 Å². The summed E-state index contributed by atoms with van der Waals surface area (Å²) in [4.78, 5) is 0. The predicted octanol–water partition coefficient (Wildman–Crippen LogP) is 3.20. The fraction of sp³-hybridized carbons (Fsp3) is 0.429.